The molecule has 0 amide bonds. The molecule has 9 heavy (non-hydrogen) atoms. The van der Waals surface area contributed by atoms with Gasteiger partial charge in [0.15, 0.2) is 0 Å². The van der Waals surface area contributed by atoms with Gasteiger partial charge in [0.05, 0.1) is 0 Å². The van der Waals surface area contributed by atoms with Crippen LogP contribution >= 0.6 is 0 Å². The molecule has 0 bridgehead atoms. The molecule has 1 aliphatic rings. The van der Waals surface area contributed by atoms with E-state index in [4.69, 9.17) is 0 Å². The van der Waals surface area contributed by atoms with Crippen LogP contribution in [0, 0.1) is 0 Å². The van der Waals surface area contributed by atoms with Crippen molar-refractivity contribution >= 4 is 0 Å². The SMILES string of the molecule is [CH3][Zr]([F])([F])[CH]1C=CC=C1. The van der Waals surface area contributed by atoms with E-state index in [0.717, 1.165) is 4.63 Å². The van der Waals surface area contributed by atoms with E-state index in [0.29, 0.717) is 0 Å². The number of rotatable bonds is 1. The Kier molecular flexibility index (Phi) is 2.00. The van der Waals surface area contributed by atoms with E-state index >= 15 is 0 Å². The van der Waals surface area contributed by atoms with Crippen molar-refractivity contribution in [1.29, 1.82) is 0 Å². The van der Waals surface area contributed by atoms with Gasteiger partial charge in [-0.1, -0.05) is 0 Å². The number of halogens is 2. The molecule has 0 unspecified atom stereocenters. The first kappa shape index (κ1) is 7.33. The summed E-state index contributed by atoms with van der Waals surface area (Å²) in [6.07, 6.45) is 6.57. The van der Waals surface area contributed by atoms with E-state index in [-0.39, 0.29) is 0 Å². The van der Waals surface area contributed by atoms with Gasteiger partial charge in [-0.15, -0.1) is 0 Å². The molecule has 0 heterocycles. The maximum atomic E-state index is 12.5. The van der Waals surface area contributed by atoms with E-state index in [1.165, 1.54) is 0 Å². The van der Waals surface area contributed by atoms with E-state index in [1.54, 1.807) is 24.3 Å². The predicted octanol–water partition coefficient (Wildman–Crippen LogP) is 2.87. The molecule has 1 rings (SSSR count). The second-order valence-electron chi connectivity index (χ2n) is 2.25. The van der Waals surface area contributed by atoms with E-state index in [1.807, 2.05) is 0 Å². The fraction of sp³-hybridized carbons (Fsp3) is 0.333. The zero-order valence-corrected chi connectivity index (χ0v) is 7.60. The summed E-state index contributed by atoms with van der Waals surface area (Å²) in [4.78, 5) is 0. The van der Waals surface area contributed by atoms with Gasteiger partial charge in [0, 0.05) is 0 Å². The molecule has 0 saturated heterocycles. The third-order valence-electron chi connectivity index (χ3n) is 1.33. The minimum atomic E-state index is -4.57. The van der Waals surface area contributed by atoms with Crippen LogP contribution in [-0.4, -0.2) is 0 Å². The zero-order chi connectivity index (χ0) is 6.91. The van der Waals surface area contributed by atoms with Gasteiger partial charge < -0.3 is 0 Å². The molecule has 0 saturated carbocycles. The third-order valence-corrected chi connectivity index (χ3v) is 5.16. The van der Waals surface area contributed by atoms with E-state index < -0.39 is 25.1 Å². The first-order valence-corrected chi connectivity index (χ1v) is 8.57. The Balaban J connectivity index is 2.64. The second-order valence-corrected chi connectivity index (χ2v) is 8.59. The Labute approximate surface area is 59.4 Å². The van der Waals surface area contributed by atoms with Crippen LogP contribution in [0.25, 0.3) is 0 Å². The van der Waals surface area contributed by atoms with Crippen LogP contribution in [0.15, 0.2) is 24.3 Å². The Morgan fingerprint density at radius 2 is 1.67 bits per heavy atom. The van der Waals surface area contributed by atoms with Crippen LogP contribution < -0.4 is 0 Å². The monoisotopic (exact) mass is 208 g/mol. The minimum absolute atomic E-state index is 0.473. The van der Waals surface area contributed by atoms with Crippen LogP contribution in [0.2, 0.25) is 8.26 Å². The van der Waals surface area contributed by atoms with Gasteiger partial charge >= 0.3 is 59.3 Å². The average molecular weight is 209 g/mol. The van der Waals surface area contributed by atoms with E-state index in [2.05, 4.69) is 0 Å². The predicted molar refractivity (Wildman–Crippen MR) is 30.1 cm³/mol. The van der Waals surface area contributed by atoms with Crippen molar-refractivity contribution in [2.24, 2.45) is 0 Å². The van der Waals surface area contributed by atoms with Crippen LogP contribution in [0.5, 0.6) is 0 Å². The van der Waals surface area contributed by atoms with Crippen molar-refractivity contribution in [2.75, 3.05) is 0 Å². The van der Waals surface area contributed by atoms with Crippen molar-refractivity contribution < 1.29 is 26.7 Å². The van der Waals surface area contributed by atoms with Crippen molar-refractivity contribution in [3.63, 3.8) is 0 Å². The fourth-order valence-corrected chi connectivity index (χ4v) is 2.98. The van der Waals surface area contributed by atoms with Crippen molar-refractivity contribution in [2.45, 2.75) is 8.26 Å². The number of hydrogen-bond acceptors (Lipinski definition) is 0. The molecule has 0 fully saturated rings. The van der Waals surface area contributed by atoms with Crippen molar-refractivity contribution in [3.05, 3.63) is 24.3 Å². The molecule has 0 spiro atoms. The second kappa shape index (κ2) is 2.45. The van der Waals surface area contributed by atoms with Crippen LogP contribution in [0.3, 0.4) is 0 Å². The summed E-state index contributed by atoms with van der Waals surface area (Å²) in [5.41, 5.74) is 0. The normalized spacial score (nSPS) is 19.4. The summed E-state index contributed by atoms with van der Waals surface area (Å²) >= 11 is -4.57. The summed E-state index contributed by atoms with van der Waals surface area (Å²) < 4.78 is 25.7. The Morgan fingerprint density at radius 3 is 1.89 bits per heavy atom. The summed E-state index contributed by atoms with van der Waals surface area (Å²) in [6.45, 7) is 0. The molecule has 3 heteroatoms. The summed E-state index contributed by atoms with van der Waals surface area (Å²) in [6, 6.07) is 0. The van der Waals surface area contributed by atoms with Crippen molar-refractivity contribution in [1.82, 2.24) is 0 Å². The number of hydrogen-bond donors (Lipinski definition) is 0. The van der Waals surface area contributed by atoms with Gasteiger partial charge in [0.1, 0.15) is 0 Å². The molecule has 0 aliphatic heterocycles. The van der Waals surface area contributed by atoms with Gasteiger partial charge in [0.25, 0.3) is 0 Å². The molecular weight excluding hydrogens is 201 g/mol. The molecule has 1 aliphatic carbocycles. The maximum absolute atomic E-state index is 12.5. The first-order valence-electron chi connectivity index (χ1n) is 2.83. The molecule has 0 nitrogen and oxygen atoms in total. The topological polar surface area (TPSA) is 0 Å². The molecule has 0 aromatic rings. The van der Waals surface area contributed by atoms with Crippen molar-refractivity contribution in [3.8, 4) is 0 Å². The van der Waals surface area contributed by atoms with Crippen LogP contribution in [0.4, 0.5) is 5.25 Å². The summed E-state index contributed by atoms with van der Waals surface area (Å²) in [7, 11) is 0. The van der Waals surface area contributed by atoms with Crippen LogP contribution in [0.1, 0.15) is 0 Å². The van der Waals surface area contributed by atoms with Gasteiger partial charge in [-0.25, -0.2) is 0 Å². The van der Waals surface area contributed by atoms with Gasteiger partial charge in [0.2, 0.25) is 0 Å². The third kappa shape index (κ3) is 1.82. The molecular formula is C6H8F2Zr. The molecule has 50 valence electrons. The molecule has 0 N–H and O–H groups in total. The first-order chi connectivity index (χ1) is 4.11. The Bertz CT molecular complexity index is 143. The average Bonchev–Trinajstić information content (AvgIpc) is 2.08. The van der Waals surface area contributed by atoms with Crippen LogP contribution in [-0.2, 0) is 21.5 Å². The van der Waals surface area contributed by atoms with E-state index in [9.17, 15) is 5.25 Å². The molecule has 0 radical (unpaired) electrons. The Morgan fingerprint density at radius 1 is 1.22 bits per heavy atom. The van der Waals surface area contributed by atoms with Gasteiger partial charge in [-0.05, 0) is 0 Å². The quantitative estimate of drug-likeness (QED) is 0.623. The number of allylic oxidation sites excluding steroid dienone is 4. The van der Waals surface area contributed by atoms with Gasteiger partial charge in [-0.3, -0.25) is 0 Å². The summed E-state index contributed by atoms with van der Waals surface area (Å²) in [5.74, 6) is 0. The Hall–Kier alpha value is 0.223. The molecule has 0 aromatic heterocycles. The zero-order valence-electron chi connectivity index (χ0n) is 5.14. The molecule has 0 atom stereocenters. The van der Waals surface area contributed by atoms with Gasteiger partial charge in [-0.2, -0.15) is 0 Å². The standard InChI is InChI=1S/C5H5.CH3.2FH.Zr/c1-2-4-5-3-1;;;;/h1-5H;1H3;2*1H;/q;;;;+2/p-2. The summed E-state index contributed by atoms with van der Waals surface area (Å²) in [5, 5.41) is 0. The molecule has 0 aromatic carbocycles. The fourth-order valence-electron chi connectivity index (χ4n) is 0.770.